The molecule has 0 spiro atoms. The summed E-state index contributed by atoms with van der Waals surface area (Å²) in [5, 5.41) is 0. The molecular weight excluding hydrogens is 280 g/mol. The summed E-state index contributed by atoms with van der Waals surface area (Å²) in [4.78, 5) is 5.24. The standard InChI is InChI=1S/C21H36N2/c1-17(22-11-13-23(14-12-22)21(5,6)7)19-10-8-9-18(15-19)16-20(2,3)4/h8-10,15,17H,11-14,16H2,1-7H3. The Hall–Kier alpha value is -0.860. The van der Waals surface area contributed by atoms with Crippen LogP contribution in [0.15, 0.2) is 24.3 Å². The zero-order chi connectivity index (χ0) is 17.3. The van der Waals surface area contributed by atoms with Gasteiger partial charge in [-0.25, -0.2) is 0 Å². The van der Waals surface area contributed by atoms with Crippen LogP contribution in [0.3, 0.4) is 0 Å². The van der Waals surface area contributed by atoms with Crippen molar-refractivity contribution >= 4 is 0 Å². The minimum absolute atomic E-state index is 0.294. The van der Waals surface area contributed by atoms with Crippen LogP contribution in [0.4, 0.5) is 0 Å². The average Bonchev–Trinajstić information content (AvgIpc) is 2.44. The second-order valence-corrected chi connectivity index (χ2v) is 9.35. The van der Waals surface area contributed by atoms with Gasteiger partial charge in [0, 0.05) is 37.8 Å². The van der Waals surface area contributed by atoms with E-state index >= 15 is 0 Å². The van der Waals surface area contributed by atoms with E-state index in [-0.39, 0.29) is 0 Å². The molecule has 1 saturated heterocycles. The van der Waals surface area contributed by atoms with Crippen LogP contribution >= 0.6 is 0 Å². The summed E-state index contributed by atoms with van der Waals surface area (Å²) >= 11 is 0. The highest BCUT2D eigenvalue weighted by Gasteiger charge is 2.28. The fourth-order valence-electron chi connectivity index (χ4n) is 3.57. The van der Waals surface area contributed by atoms with Crippen LogP contribution in [0.1, 0.15) is 65.6 Å². The smallest absolute Gasteiger partial charge is 0.0321 e. The maximum atomic E-state index is 2.64. The van der Waals surface area contributed by atoms with Crippen molar-refractivity contribution in [2.45, 2.75) is 66.5 Å². The van der Waals surface area contributed by atoms with Crippen LogP contribution in [-0.2, 0) is 6.42 Å². The number of hydrogen-bond donors (Lipinski definition) is 0. The molecule has 1 fully saturated rings. The quantitative estimate of drug-likeness (QED) is 0.794. The van der Waals surface area contributed by atoms with Gasteiger partial charge in [-0.05, 0) is 50.7 Å². The number of rotatable bonds is 3. The molecule has 1 heterocycles. The summed E-state index contributed by atoms with van der Waals surface area (Å²) in [6.45, 7) is 21.0. The molecule has 1 unspecified atom stereocenters. The predicted octanol–water partition coefficient (Wildman–Crippen LogP) is 4.75. The van der Waals surface area contributed by atoms with E-state index in [0.29, 0.717) is 17.0 Å². The second kappa shape index (κ2) is 6.94. The van der Waals surface area contributed by atoms with E-state index in [2.05, 4.69) is 82.5 Å². The van der Waals surface area contributed by atoms with Gasteiger partial charge < -0.3 is 0 Å². The van der Waals surface area contributed by atoms with Crippen molar-refractivity contribution in [3.05, 3.63) is 35.4 Å². The maximum Gasteiger partial charge on any atom is 0.0321 e. The molecule has 23 heavy (non-hydrogen) atoms. The average molecular weight is 317 g/mol. The van der Waals surface area contributed by atoms with Gasteiger partial charge in [-0.15, -0.1) is 0 Å². The van der Waals surface area contributed by atoms with Crippen molar-refractivity contribution in [2.24, 2.45) is 5.41 Å². The van der Waals surface area contributed by atoms with Crippen LogP contribution in [0.5, 0.6) is 0 Å². The minimum atomic E-state index is 0.294. The van der Waals surface area contributed by atoms with E-state index in [1.54, 1.807) is 0 Å². The van der Waals surface area contributed by atoms with E-state index in [4.69, 9.17) is 0 Å². The molecule has 1 aromatic carbocycles. The Morgan fingerprint density at radius 3 is 2.09 bits per heavy atom. The minimum Gasteiger partial charge on any atom is -0.296 e. The summed E-state index contributed by atoms with van der Waals surface area (Å²) < 4.78 is 0. The number of benzene rings is 1. The Kier molecular flexibility index (Phi) is 5.58. The van der Waals surface area contributed by atoms with Crippen molar-refractivity contribution in [3.63, 3.8) is 0 Å². The monoisotopic (exact) mass is 316 g/mol. The zero-order valence-corrected chi connectivity index (χ0v) is 16.3. The van der Waals surface area contributed by atoms with Crippen molar-refractivity contribution in [1.29, 1.82) is 0 Å². The number of hydrogen-bond acceptors (Lipinski definition) is 2. The molecule has 2 nitrogen and oxygen atoms in total. The highest BCUT2D eigenvalue weighted by atomic mass is 15.3. The van der Waals surface area contributed by atoms with Gasteiger partial charge in [0.15, 0.2) is 0 Å². The van der Waals surface area contributed by atoms with Gasteiger partial charge in [0.25, 0.3) is 0 Å². The van der Waals surface area contributed by atoms with Crippen LogP contribution in [0, 0.1) is 5.41 Å². The Balaban J connectivity index is 2.01. The molecule has 0 saturated carbocycles. The largest absolute Gasteiger partial charge is 0.296 e. The second-order valence-electron chi connectivity index (χ2n) is 9.35. The zero-order valence-electron chi connectivity index (χ0n) is 16.3. The van der Waals surface area contributed by atoms with Crippen LogP contribution in [0.2, 0.25) is 0 Å². The van der Waals surface area contributed by atoms with Crippen molar-refractivity contribution in [2.75, 3.05) is 26.2 Å². The topological polar surface area (TPSA) is 6.48 Å². The summed E-state index contributed by atoms with van der Waals surface area (Å²) in [6.07, 6.45) is 1.14. The Morgan fingerprint density at radius 2 is 1.57 bits per heavy atom. The number of piperazine rings is 1. The lowest BCUT2D eigenvalue weighted by molar-refractivity contribution is 0.0453. The lowest BCUT2D eigenvalue weighted by Gasteiger charge is -2.44. The first-order chi connectivity index (χ1) is 10.6. The molecule has 130 valence electrons. The summed E-state index contributed by atoms with van der Waals surface area (Å²) in [7, 11) is 0. The molecule has 0 radical (unpaired) electrons. The third kappa shape index (κ3) is 5.32. The fourth-order valence-corrected chi connectivity index (χ4v) is 3.57. The SMILES string of the molecule is CC(c1cccc(CC(C)(C)C)c1)N1CCN(C(C)(C)C)CC1. The van der Waals surface area contributed by atoms with E-state index in [9.17, 15) is 0 Å². The van der Waals surface area contributed by atoms with Crippen LogP contribution < -0.4 is 0 Å². The van der Waals surface area contributed by atoms with Crippen molar-refractivity contribution < 1.29 is 0 Å². The molecule has 1 aliphatic heterocycles. The van der Waals surface area contributed by atoms with E-state index in [1.807, 2.05) is 0 Å². The van der Waals surface area contributed by atoms with Crippen molar-refractivity contribution in [3.8, 4) is 0 Å². The third-order valence-electron chi connectivity index (χ3n) is 4.98. The fraction of sp³-hybridized carbons (Fsp3) is 0.714. The van der Waals surface area contributed by atoms with Gasteiger partial charge in [-0.1, -0.05) is 45.0 Å². The normalized spacial score (nSPS) is 19.8. The van der Waals surface area contributed by atoms with E-state index < -0.39 is 0 Å². The first-order valence-electron chi connectivity index (χ1n) is 9.14. The predicted molar refractivity (Wildman–Crippen MR) is 101 cm³/mol. The van der Waals surface area contributed by atoms with E-state index in [1.165, 1.54) is 37.3 Å². The van der Waals surface area contributed by atoms with Gasteiger partial charge >= 0.3 is 0 Å². The van der Waals surface area contributed by atoms with Gasteiger partial charge in [0.1, 0.15) is 0 Å². The molecule has 1 aliphatic rings. The van der Waals surface area contributed by atoms with Gasteiger partial charge in [-0.3, -0.25) is 9.80 Å². The molecule has 0 bridgehead atoms. The number of nitrogens with zero attached hydrogens (tertiary/aromatic N) is 2. The lowest BCUT2D eigenvalue weighted by Crippen LogP contribution is -2.53. The van der Waals surface area contributed by atoms with Crippen LogP contribution in [0.25, 0.3) is 0 Å². The van der Waals surface area contributed by atoms with E-state index in [0.717, 1.165) is 6.42 Å². The molecule has 0 aliphatic carbocycles. The molecule has 0 N–H and O–H groups in total. The Morgan fingerprint density at radius 1 is 0.957 bits per heavy atom. The molecule has 2 rings (SSSR count). The summed E-state index contributed by atoms with van der Waals surface area (Å²) in [6, 6.07) is 9.74. The molecule has 0 amide bonds. The third-order valence-corrected chi connectivity index (χ3v) is 4.98. The van der Waals surface area contributed by atoms with Gasteiger partial charge in [0.05, 0.1) is 0 Å². The molecular formula is C21H36N2. The Bertz CT molecular complexity index is 499. The van der Waals surface area contributed by atoms with Crippen molar-refractivity contribution in [1.82, 2.24) is 9.80 Å². The molecule has 0 aromatic heterocycles. The molecule has 1 aromatic rings. The first kappa shape index (κ1) is 18.5. The Labute approximate surface area is 143 Å². The summed E-state index contributed by atoms with van der Waals surface area (Å²) in [5.74, 6) is 0. The molecule has 2 heteroatoms. The van der Waals surface area contributed by atoms with Gasteiger partial charge in [-0.2, -0.15) is 0 Å². The van der Waals surface area contributed by atoms with Gasteiger partial charge in [0.2, 0.25) is 0 Å². The maximum absolute atomic E-state index is 2.64. The lowest BCUT2D eigenvalue weighted by atomic mass is 9.87. The molecule has 1 atom stereocenters. The summed E-state index contributed by atoms with van der Waals surface area (Å²) in [5.41, 5.74) is 3.58. The highest BCUT2D eigenvalue weighted by molar-refractivity contribution is 5.26. The first-order valence-corrected chi connectivity index (χ1v) is 9.14. The highest BCUT2D eigenvalue weighted by Crippen LogP contribution is 2.27. The van der Waals surface area contributed by atoms with Crippen LogP contribution in [-0.4, -0.2) is 41.5 Å².